The Morgan fingerprint density at radius 3 is 2.17 bits per heavy atom. The first kappa shape index (κ1) is 33.4. The summed E-state index contributed by atoms with van der Waals surface area (Å²) in [4.78, 5) is 30.5. The summed E-state index contributed by atoms with van der Waals surface area (Å²) in [6.07, 6.45) is 0.101. The SMILES string of the molecule is CC(C)(C)OC(=O)C[C@H](NCc1ccc(C(=N)N)cc1)C(=O)[C@@H](CCCN=C(N)N)NS(=O)(=O)Cc1ccccc1. The van der Waals surface area contributed by atoms with Gasteiger partial charge in [-0.1, -0.05) is 54.6 Å². The summed E-state index contributed by atoms with van der Waals surface area (Å²) in [6, 6.07) is 13.2. The van der Waals surface area contributed by atoms with Gasteiger partial charge in [0.1, 0.15) is 11.4 Å². The van der Waals surface area contributed by atoms with Crippen molar-refractivity contribution < 1.29 is 22.7 Å². The van der Waals surface area contributed by atoms with Crippen molar-refractivity contribution in [1.82, 2.24) is 10.0 Å². The Bertz CT molecular complexity index is 1300. The van der Waals surface area contributed by atoms with Gasteiger partial charge in [0, 0.05) is 18.7 Å². The molecule has 0 aliphatic heterocycles. The van der Waals surface area contributed by atoms with Crippen LogP contribution >= 0.6 is 0 Å². The number of amidine groups is 1. The highest BCUT2D eigenvalue weighted by Crippen LogP contribution is 2.14. The molecule has 0 unspecified atom stereocenters. The van der Waals surface area contributed by atoms with Gasteiger partial charge >= 0.3 is 5.97 Å². The third-order valence-electron chi connectivity index (χ3n) is 5.76. The lowest BCUT2D eigenvalue weighted by molar-refractivity contribution is -0.156. The van der Waals surface area contributed by atoms with Crippen molar-refractivity contribution in [2.24, 2.45) is 22.2 Å². The quantitative estimate of drug-likeness (QED) is 0.0720. The first-order valence-electron chi connectivity index (χ1n) is 13.2. The maximum absolute atomic E-state index is 13.8. The molecule has 2 atom stereocenters. The van der Waals surface area contributed by atoms with Crippen LogP contribution in [0.25, 0.3) is 0 Å². The van der Waals surface area contributed by atoms with E-state index in [2.05, 4.69) is 15.0 Å². The Hall–Kier alpha value is -3.81. The van der Waals surface area contributed by atoms with Gasteiger partial charge in [0.25, 0.3) is 0 Å². The third kappa shape index (κ3) is 12.9. The smallest absolute Gasteiger partial charge is 0.308 e. The molecule has 2 rings (SSSR count). The molecule has 0 aliphatic rings. The maximum Gasteiger partial charge on any atom is 0.308 e. The van der Waals surface area contributed by atoms with Gasteiger partial charge in [0.15, 0.2) is 11.7 Å². The van der Waals surface area contributed by atoms with Crippen molar-refractivity contribution >= 4 is 33.6 Å². The highest BCUT2D eigenvalue weighted by atomic mass is 32.2. The summed E-state index contributed by atoms with van der Waals surface area (Å²) < 4.78 is 34.1. The van der Waals surface area contributed by atoms with Crippen molar-refractivity contribution in [3.8, 4) is 0 Å². The number of Topliss-reactive ketones (excluding diaryl/α,β-unsaturated/α-hetero) is 1. The van der Waals surface area contributed by atoms with Gasteiger partial charge in [0.2, 0.25) is 10.0 Å². The minimum absolute atomic E-state index is 0.0751. The average molecular weight is 588 g/mol. The first-order valence-corrected chi connectivity index (χ1v) is 14.8. The summed E-state index contributed by atoms with van der Waals surface area (Å²) in [5.74, 6) is -1.64. The number of aliphatic imine (C=N–C) groups is 1. The molecular weight excluding hydrogens is 546 g/mol. The Morgan fingerprint density at radius 2 is 1.61 bits per heavy atom. The van der Waals surface area contributed by atoms with Crippen LogP contribution in [0.3, 0.4) is 0 Å². The largest absolute Gasteiger partial charge is 0.460 e. The molecule has 12 nitrogen and oxygen atoms in total. The molecule has 2 aromatic carbocycles. The molecule has 0 aliphatic carbocycles. The number of benzene rings is 2. The number of ketones is 1. The molecule has 41 heavy (non-hydrogen) atoms. The van der Waals surface area contributed by atoms with Crippen LogP contribution in [0.1, 0.15) is 56.7 Å². The number of nitrogens with zero attached hydrogens (tertiary/aromatic N) is 1. The minimum Gasteiger partial charge on any atom is -0.460 e. The first-order chi connectivity index (χ1) is 19.1. The van der Waals surface area contributed by atoms with Crippen LogP contribution in [0.4, 0.5) is 0 Å². The van der Waals surface area contributed by atoms with E-state index in [-0.39, 0.29) is 43.5 Å². The molecule has 0 bridgehead atoms. The molecular formula is C28H41N7O5S. The van der Waals surface area contributed by atoms with Crippen LogP contribution in [0.2, 0.25) is 0 Å². The van der Waals surface area contributed by atoms with Crippen LogP contribution in [0, 0.1) is 5.41 Å². The van der Waals surface area contributed by atoms with Gasteiger partial charge in [0.05, 0.1) is 24.3 Å². The molecule has 0 saturated carbocycles. The number of carbonyl (C=O) groups excluding carboxylic acids is 2. The average Bonchev–Trinajstić information content (AvgIpc) is 2.87. The fraction of sp³-hybridized carbons (Fsp3) is 0.429. The molecule has 224 valence electrons. The number of nitrogen functional groups attached to an aromatic ring is 1. The Labute approximate surface area is 241 Å². The van der Waals surface area contributed by atoms with Crippen molar-refractivity contribution in [3.05, 3.63) is 71.3 Å². The molecule has 0 fully saturated rings. The fourth-order valence-electron chi connectivity index (χ4n) is 3.92. The fourth-order valence-corrected chi connectivity index (χ4v) is 5.31. The van der Waals surface area contributed by atoms with Crippen LogP contribution in [0.5, 0.6) is 0 Å². The Morgan fingerprint density at radius 1 is 0.976 bits per heavy atom. The van der Waals surface area contributed by atoms with E-state index in [1.54, 1.807) is 75.4 Å². The zero-order valence-corrected chi connectivity index (χ0v) is 24.5. The van der Waals surface area contributed by atoms with Crippen LogP contribution in [-0.4, -0.2) is 56.2 Å². The number of hydrogen-bond acceptors (Lipinski definition) is 8. The summed E-state index contributed by atoms with van der Waals surface area (Å²) >= 11 is 0. The van der Waals surface area contributed by atoms with Crippen molar-refractivity contribution in [1.29, 1.82) is 5.41 Å². The number of ether oxygens (including phenoxy) is 1. The van der Waals surface area contributed by atoms with Gasteiger partial charge in [-0.2, -0.15) is 0 Å². The lowest BCUT2D eigenvalue weighted by Crippen LogP contribution is -2.51. The summed E-state index contributed by atoms with van der Waals surface area (Å²) in [5, 5.41) is 10.6. The van der Waals surface area contributed by atoms with Crippen LogP contribution < -0.4 is 27.2 Å². The topological polar surface area (TPSA) is 216 Å². The van der Waals surface area contributed by atoms with Crippen molar-refractivity contribution in [2.75, 3.05) is 6.54 Å². The number of nitrogens with two attached hydrogens (primary N) is 3. The van der Waals surface area contributed by atoms with E-state index >= 15 is 0 Å². The number of esters is 1. The van der Waals surface area contributed by atoms with E-state index in [4.69, 9.17) is 27.3 Å². The number of hydrogen-bond donors (Lipinski definition) is 6. The Balaban J connectivity index is 2.30. The van der Waals surface area contributed by atoms with Gasteiger partial charge < -0.3 is 27.3 Å². The lowest BCUT2D eigenvalue weighted by atomic mass is 9.98. The van der Waals surface area contributed by atoms with Crippen LogP contribution in [0.15, 0.2) is 59.6 Å². The monoisotopic (exact) mass is 587 g/mol. The van der Waals surface area contributed by atoms with Gasteiger partial charge in [-0.25, -0.2) is 13.1 Å². The maximum atomic E-state index is 13.8. The molecule has 0 saturated heterocycles. The van der Waals surface area contributed by atoms with Crippen molar-refractivity contribution in [2.45, 2.75) is 70.0 Å². The molecule has 0 amide bonds. The van der Waals surface area contributed by atoms with E-state index in [1.807, 2.05) is 0 Å². The minimum atomic E-state index is -3.94. The van der Waals surface area contributed by atoms with E-state index in [0.29, 0.717) is 17.5 Å². The summed E-state index contributed by atoms with van der Waals surface area (Å²) in [6.45, 7) is 5.54. The predicted octanol–water partition coefficient (Wildman–Crippen LogP) is 1.27. The Kier molecular flexibility index (Phi) is 12.4. The van der Waals surface area contributed by atoms with E-state index < -0.39 is 39.5 Å². The molecule has 9 N–H and O–H groups in total. The second-order valence-corrected chi connectivity index (χ2v) is 12.4. The third-order valence-corrected chi connectivity index (χ3v) is 7.12. The summed E-state index contributed by atoms with van der Waals surface area (Å²) in [7, 11) is -3.94. The molecule has 13 heteroatoms. The summed E-state index contributed by atoms with van der Waals surface area (Å²) in [5.41, 5.74) is 17.4. The standard InChI is InChI=1S/C28H41N7O5S/c1-28(2,3)40-24(36)16-23(34-17-19-11-13-21(14-12-19)26(29)30)25(37)22(10-7-15-33-27(31)32)35-41(38,39)18-20-8-5-4-6-9-20/h4-6,8-9,11-14,22-23,34-35H,7,10,15-18H2,1-3H3,(H3,29,30)(H4,31,32,33)/t22-,23+/m1/s1. The normalized spacial score (nSPS) is 13.1. The molecule has 0 aromatic heterocycles. The van der Waals surface area contributed by atoms with E-state index in [0.717, 1.165) is 5.56 Å². The van der Waals surface area contributed by atoms with Crippen LogP contribution in [-0.2, 0) is 36.6 Å². The van der Waals surface area contributed by atoms with Gasteiger partial charge in [-0.05, 0) is 44.7 Å². The molecule has 2 aromatic rings. The molecule has 0 radical (unpaired) electrons. The van der Waals surface area contributed by atoms with E-state index in [9.17, 15) is 18.0 Å². The molecule has 0 spiro atoms. The second kappa shape index (κ2) is 15.3. The van der Waals surface area contributed by atoms with Gasteiger partial charge in [-0.15, -0.1) is 0 Å². The lowest BCUT2D eigenvalue weighted by Gasteiger charge is -2.26. The number of sulfonamides is 1. The number of nitrogens with one attached hydrogen (secondary N) is 3. The number of guanidine groups is 1. The second-order valence-electron chi connectivity index (χ2n) is 10.6. The highest BCUT2D eigenvalue weighted by Gasteiger charge is 2.32. The highest BCUT2D eigenvalue weighted by molar-refractivity contribution is 7.88. The van der Waals surface area contributed by atoms with E-state index in [1.165, 1.54) is 0 Å². The van der Waals surface area contributed by atoms with Crippen molar-refractivity contribution in [3.63, 3.8) is 0 Å². The number of carbonyl (C=O) groups is 2. The predicted molar refractivity (Wildman–Crippen MR) is 159 cm³/mol. The zero-order valence-electron chi connectivity index (χ0n) is 23.7. The number of rotatable bonds is 16. The zero-order chi connectivity index (χ0) is 30.6. The van der Waals surface area contributed by atoms with Gasteiger partial charge in [-0.3, -0.25) is 20.0 Å². The molecule has 0 heterocycles.